The summed E-state index contributed by atoms with van der Waals surface area (Å²) in [6, 6.07) is 7.72. The summed E-state index contributed by atoms with van der Waals surface area (Å²) in [5.41, 5.74) is 2.08. The topological polar surface area (TPSA) is 59.4 Å². The number of carboxylic acid groups (broad SMARTS) is 1. The molecule has 20 heavy (non-hydrogen) atoms. The Morgan fingerprint density at radius 1 is 1.35 bits per heavy atom. The van der Waals surface area contributed by atoms with Crippen LogP contribution in [0.2, 0.25) is 0 Å². The van der Waals surface area contributed by atoms with Crippen LogP contribution in [0.25, 0.3) is 10.4 Å². The molecule has 1 N–H and O–H groups in total. The summed E-state index contributed by atoms with van der Waals surface area (Å²) in [4.78, 5) is 16.3. The molecule has 1 aromatic heterocycles. The highest BCUT2D eigenvalue weighted by Crippen LogP contribution is 2.33. The lowest BCUT2D eigenvalue weighted by atomic mass is 10.1. The van der Waals surface area contributed by atoms with Gasteiger partial charge in [0.15, 0.2) is 5.69 Å². The Labute approximate surface area is 122 Å². The standard InChI is InChI=1S/C15H17NO3S/c1-9(2)14-16-12(15(17)18)13(20-14)11-6-4-10(5-7-11)8-19-3/h4-7,9H,8H2,1-3H3,(H,17,18). The molecule has 0 aliphatic heterocycles. The molecular formula is C15H17NO3S. The number of nitrogens with zero attached hydrogens (tertiary/aromatic N) is 1. The van der Waals surface area contributed by atoms with Crippen LogP contribution in [0.4, 0.5) is 0 Å². The number of aromatic carboxylic acids is 1. The van der Waals surface area contributed by atoms with Gasteiger partial charge in [-0.25, -0.2) is 9.78 Å². The molecule has 0 fully saturated rings. The van der Waals surface area contributed by atoms with E-state index in [-0.39, 0.29) is 11.6 Å². The summed E-state index contributed by atoms with van der Waals surface area (Å²) in [7, 11) is 1.65. The fraction of sp³-hybridized carbons (Fsp3) is 0.333. The van der Waals surface area contributed by atoms with Gasteiger partial charge in [-0.3, -0.25) is 0 Å². The van der Waals surface area contributed by atoms with Crippen molar-refractivity contribution in [2.45, 2.75) is 26.4 Å². The van der Waals surface area contributed by atoms with Crippen molar-refractivity contribution in [3.63, 3.8) is 0 Å². The zero-order valence-corrected chi connectivity index (χ0v) is 12.5. The van der Waals surface area contributed by atoms with Crippen LogP contribution in [-0.4, -0.2) is 23.2 Å². The third kappa shape index (κ3) is 3.05. The SMILES string of the molecule is COCc1ccc(-c2sc(C(C)C)nc2C(=O)O)cc1. The number of carbonyl (C=O) groups is 1. The van der Waals surface area contributed by atoms with E-state index in [1.165, 1.54) is 11.3 Å². The summed E-state index contributed by atoms with van der Waals surface area (Å²) in [5, 5.41) is 10.1. The van der Waals surface area contributed by atoms with Crippen LogP contribution in [0, 0.1) is 0 Å². The van der Waals surface area contributed by atoms with E-state index in [9.17, 15) is 9.90 Å². The van der Waals surface area contributed by atoms with Crippen LogP contribution in [0.1, 0.15) is 40.8 Å². The lowest BCUT2D eigenvalue weighted by Crippen LogP contribution is -1.99. The fourth-order valence-electron chi connectivity index (χ4n) is 1.84. The van der Waals surface area contributed by atoms with E-state index in [1.54, 1.807) is 7.11 Å². The second-order valence-electron chi connectivity index (χ2n) is 4.82. The number of aromatic nitrogens is 1. The first kappa shape index (κ1) is 14.7. The maximum Gasteiger partial charge on any atom is 0.356 e. The molecule has 1 aromatic carbocycles. The molecule has 0 aliphatic rings. The summed E-state index contributed by atoms with van der Waals surface area (Å²) >= 11 is 1.45. The Morgan fingerprint density at radius 2 is 2.00 bits per heavy atom. The maximum absolute atomic E-state index is 11.3. The van der Waals surface area contributed by atoms with E-state index < -0.39 is 5.97 Å². The van der Waals surface area contributed by atoms with Gasteiger partial charge < -0.3 is 9.84 Å². The number of hydrogen-bond acceptors (Lipinski definition) is 4. The maximum atomic E-state index is 11.3. The summed E-state index contributed by atoms with van der Waals surface area (Å²) in [6.07, 6.45) is 0. The van der Waals surface area contributed by atoms with Crippen molar-refractivity contribution < 1.29 is 14.6 Å². The second kappa shape index (κ2) is 6.15. The van der Waals surface area contributed by atoms with Crippen molar-refractivity contribution in [3.05, 3.63) is 40.5 Å². The van der Waals surface area contributed by atoms with E-state index in [2.05, 4.69) is 4.98 Å². The molecule has 2 aromatic rings. The van der Waals surface area contributed by atoms with Crippen LogP contribution >= 0.6 is 11.3 Å². The van der Waals surface area contributed by atoms with Gasteiger partial charge in [0, 0.05) is 13.0 Å². The monoisotopic (exact) mass is 291 g/mol. The Morgan fingerprint density at radius 3 is 2.50 bits per heavy atom. The zero-order chi connectivity index (χ0) is 14.7. The molecule has 0 atom stereocenters. The number of benzene rings is 1. The molecule has 0 bridgehead atoms. The van der Waals surface area contributed by atoms with Crippen LogP contribution in [0.5, 0.6) is 0 Å². The van der Waals surface area contributed by atoms with E-state index in [0.29, 0.717) is 11.5 Å². The third-order valence-electron chi connectivity index (χ3n) is 2.87. The van der Waals surface area contributed by atoms with Crippen LogP contribution < -0.4 is 0 Å². The van der Waals surface area contributed by atoms with Crippen molar-refractivity contribution in [3.8, 4) is 10.4 Å². The van der Waals surface area contributed by atoms with Crippen LogP contribution in [0.15, 0.2) is 24.3 Å². The van der Waals surface area contributed by atoms with E-state index >= 15 is 0 Å². The molecule has 0 radical (unpaired) electrons. The molecule has 5 heteroatoms. The highest BCUT2D eigenvalue weighted by atomic mass is 32.1. The Hall–Kier alpha value is -1.72. The number of methoxy groups -OCH3 is 1. The third-order valence-corrected chi connectivity index (χ3v) is 4.27. The molecule has 1 heterocycles. The normalized spacial score (nSPS) is 11.0. The highest BCUT2D eigenvalue weighted by molar-refractivity contribution is 7.15. The first-order valence-corrected chi connectivity index (χ1v) is 7.16. The molecule has 0 unspecified atom stereocenters. The molecule has 0 amide bonds. The molecular weight excluding hydrogens is 274 g/mol. The van der Waals surface area contributed by atoms with Crippen molar-refractivity contribution in [2.75, 3.05) is 7.11 Å². The largest absolute Gasteiger partial charge is 0.476 e. The first-order valence-electron chi connectivity index (χ1n) is 6.35. The van der Waals surface area contributed by atoms with E-state index in [1.807, 2.05) is 38.1 Å². The summed E-state index contributed by atoms with van der Waals surface area (Å²) in [5.74, 6) is -0.760. The van der Waals surface area contributed by atoms with Gasteiger partial charge in [-0.05, 0) is 11.1 Å². The fourth-order valence-corrected chi connectivity index (χ4v) is 2.91. The molecule has 0 spiro atoms. The first-order chi connectivity index (χ1) is 9.52. The Kier molecular flexibility index (Phi) is 4.52. The van der Waals surface area contributed by atoms with Crippen molar-refractivity contribution >= 4 is 17.3 Å². The molecule has 0 saturated heterocycles. The number of carboxylic acids is 1. The average Bonchev–Trinajstić information content (AvgIpc) is 2.85. The van der Waals surface area contributed by atoms with Gasteiger partial charge in [-0.1, -0.05) is 38.1 Å². The highest BCUT2D eigenvalue weighted by Gasteiger charge is 2.19. The van der Waals surface area contributed by atoms with Crippen molar-refractivity contribution in [1.29, 1.82) is 0 Å². The second-order valence-corrected chi connectivity index (χ2v) is 5.85. The van der Waals surface area contributed by atoms with Crippen LogP contribution in [0.3, 0.4) is 0 Å². The van der Waals surface area contributed by atoms with Gasteiger partial charge in [0.1, 0.15) is 0 Å². The van der Waals surface area contributed by atoms with Gasteiger partial charge >= 0.3 is 5.97 Å². The molecule has 0 saturated carbocycles. The van der Waals surface area contributed by atoms with Gasteiger partial charge in [0.25, 0.3) is 0 Å². The molecule has 2 rings (SSSR count). The molecule has 106 valence electrons. The minimum Gasteiger partial charge on any atom is -0.476 e. The van der Waals surface area contributed by atoms with Gasteiger partial charge in [0.2, 0.25) is 0 Å². The Balaban J connectivity index is 2.42. The predicted molar refractivity (Wildman–Crippen MR) is 79.3 cm³/mol. The minimum atomic E-state index is -0.982. The number of ether oxygens (including phenoxy) is 1. The summed E-state index contributed by atoms with van der Waals surface area (Å²) < 4.78 is 5.07. The quantitative estimate of drug-likeness (QED) is 0.910. The lowest BCUT2D eigenvalue weighted by molar-refractivity contribution is 0.0692. The van der Waals surface area contributed by atoms with Crippen molar-refractivity contribution in [2.24, 2.45) is 0 Å². The van der Waals surface area contributed by atoms with Gasteiger partial charge in [0.05, 0.1) is 16.5 Å². The smallest absolute Gasteiger partial charge is 0.356 e. The molecule has 0 aliphatic carbocycles. The minimum absolute atomic E-state index is 0.137. The number of hydrogen-bond donors (Lipinski definition) is 1. The van der Waals surface area contributed by atoms with E-state index in [4.69, 9.17) is 4.74 Å². The number of thiazole rings is 1. The van der Waals surface area contributed by atoms with Gasteiger partial charge in [-0.15, -0.1) is 11.3 Å². The van der Waals surface area contributed by atoms with E-state index in [0.717, 1.165) is 16.1 Å². The summed E-state index contributed by atoms with van der Waals surface area (Å²) in [6.45, 7) is 4.57. The molecule has 4 nitrogen and oxygen atoms in total. The lowest BCUT2D eigenvalue weighted by Gasteiger charge is -2.02. The van der Waals surface area contributed by atoms with Gasteiger partial charge in [-0.2, -0.15) is 0 Å². The van der Waals surface area contributed by atoms with Crippen molar-refractivity contribution in [1.82, 2.24) is 4.98 Å². The van der Waals surface area contributed by atoms with Crippen LogP contribution in [-0.2, 0) is 11.3 Å². The number of rotatable bonds is 5. The average molecular weight is 291 g/mol. The Bertz CT molecular complexity index is 602. The predicted octanol–water partition coefficient (Wildman–Crippen LogP) is 3.78. The zero-order valence-electron chi connectivity index (χ0n) is 11.7.